The summed E-state index contributed by atoms with van der Waals surface area (Å²) in [5.74, 6) is 0.0591. The van der Waals surface area contributed by atoms with Crippen LogP contribution in [0.1, 0.15) is 30.0 Å². The predicted octanol–water partition coefficient (Wildman–Crippen LogP) is 3.30. The standard InChI is InChI=1S/C19H24Cl2N4O4S/c1-4-24(5-2)30(27,28)25-11-9-23(10-12-25)19(26)16-13(3)29-22-18(16)17-14(20)7-6-8-15(17)21/h6-8H,4-5,9-12H2,1-3H3. The second-order valence-electron chi connectivity index (χ2n) is 6.84. The molecule has 2 heterocycles. The first-order valence-corrected chi connectivity index (χ1v) is 11.8. The molecule has 2 aromatic rings. The van der Waals surface area contributed by atoms with E-state index in [0.29, 0.717) is 34.5 Å². The molecule has 0 N–H and O–H groups in total. The number of carbonyl (C=O) groups is 1. The smallest absolute Gasteiger partial charge is 0.282 e. The molecule has 0 saturated carbocycles. The topological polar surface area (TPSA) is 87.0 Å². The maximum Gasteiger partial charge on any atom is 0.282 e. The number of carbonyl (C=O) groups excluding carboxylic acids is 1. The van der Waals surface area contributed by atoms with E-state index in [1.165, 1.54) is 8.61 Å². The van der Waals surface area contributed by atoms with Gasteiger partial charge in [-0.05, 0) is 19.1 Å². The van der Waals surface area contributed by atoms with Gasteiger partial charge in [-0.3, -0.25) is 4.79 Å². The molecule has 164 valence electrons. The lowest BCUT2D eigenvalue weighted by atomic mass is 10.0. The number of aryl methyl sites for hydroxylation is 1. The number of piperazine rings is 1. The Hall–Kier alpha value is -1.65. The van der Waals surface area contributed by atoms with Gasteiger partial charge in [-0.2, -0.15) is 17.0 Å². The maximum absolute atomic E-state index is 13.3. The quantitative estimate of drug-likeness (QED) is 0.640. The number of aromatic nitrogens is 1. The Kier molecular flexibility index (Phi) is 7.09. The Labute approximate surface area is 186 Å². The summed E-state index contributed by atoms with van der Waals surface area (Å²) in [5.41, 5.74) is 1.00. The van der Waals surface area contributed by atoms with Crippen molar-refractivity contribution in [3.63, 3.8) is 0 Å². The van der Waals surface area contributed by atoms with Gasteiger partial charge in [-0.15, -0.1) is 0 Å². The highest BCUT2D eigenvalue weighted by molar-refractivity contribution is 7.86. The molecule has 1 fully saturated rings. The summed E-state index contributed by atoms with van der Waals surface area (Å²) in [5, 5.41) is 4.74. The zero-order chi connectivity index (χ0) is 22.1. The fourth-order valence-electron chi connectivity index (χ4n) is 3.51. The van der Waals surface area contributed by atoms with Crippen LogP contribution in [0.5, 0.6) is 0 Å². The first kappa shape index (κ1) is 23.0. The minimum atomic E-state index is -3.53. The molecule has 1 saturated heterocycles. The van der Waals surface area contributed by atoms with Crippen molar-refractivity contribution in [1.29, 1.82) is 0 Å². The van der Waals surface area contributed by atoms with Gasteiger partial charge in [0.2, 0.25) is 0 Å². The van der Waals surface area contributed by atoms with Gasteiger partial charge in [-0.25, -0.2) is 0 Å². The number of hydrogen-bond donors (Lipinski definition) is 0. The normalized spacial score (nSPS) is 15.7. The molecule has 0 radical (unpaired) electrons. The Bertz CT molecular complexity index is 1010. The third-order valence-electron chi connectivity index (χ3n) is 5.16. The lowest BCUT2D eigenvalue weighted by Gasteiger charge is -2.36. The van der Waals surface area contributed by atoms with Crippen LogP contribution in [0.2, 0.25) is 10.0 Å². The molecule has 30 heavy (non-hydrogen) atoms. The molecular formula is C19H24Cl2N4O4S. The molecule has 3 rings (SSSR count). The van der Waals surface area contributed by atoms with E-state index in [4.69, 9.17) is 27.7 Å². The lowest BCUT2D eigenvalue weighted by Crippen LogP contribution is -2.54. The lowest BCUT2D eigenvalue weighted by molar-refractivity contribution is 0.0693. The molecular weight excluding hydrogens is 451 g/mol. The van der Waals surface area contributed by atoms with Gasteiger partial charge in [0.05, 0.1) is 10.0 Å². The highest BCUT2D eigenvalue weighted by atomic mass is 35.5. The van der Waals surface area contributed by atoms with Gasteiger partial charge >= 0.3 is 0 Å². The van der Waals surface area contributed by atoms with Gasteiger partial charge in [-0.1, -0.05) is 48.3 Å². The molecule has 1 amide bonds. The maximum atomic E-state index is 13.3. The summed E-state index contributed by atoms with van der Waals surface area (Å²) >= 11 is 12.6. The Morgan fingerprint density at radius 2 is 1.70 bits per heavy atom. The second kappa shape index (κ2) is 9.23. The number of halogens is 2. The SMILES string of the molecule is CCN(CC)S(=O)(=O)N1CCN(C(=O)c2c(-c3c(Cl)cccc3Cl)noc2C)CC1. The number of hydrogen-bond acceptors (Lipinski definition) is 5. The average molecular weight is 475 g/mol. The Morgan fingerprint density at radius 1 is 1.13 bits per heavy atom. The highest BCUT2D eigenvalue weighted by Gasteiger charge is 2.34. The summed E-state index contributed by atoms with van der Waals surface area (Å²) in [6.45, 7) is 7.02. The van der Waals surface area contributed by atoms with E-state index in [0.717, 1.165) is 0 Å². The van der Waals surface area contributed by atoms with Crippen LogP contribution in [0.15, 0.2) is 22.7 Å². The van der Waals surface area contributed by atoms with Crippen LogP contribution < -0.4 is 0 Å². The van der Waals surface area contributed by atoms with Crippen molar-refractivity contribution in [2.24, 2.45) is 0 Å². The monoisotopic (exact) mass is 474 g/mol. The van der Waals surface area contributed by atoms with Crippen LogP contribution in [-0.4, -0.2) is 72.3 Å². The van der Waals surface area contributed by atoms with E-state index < -0.39 is 10.2 Å². The number of benzene rings is 1. The molecule has 1 aromatic carbocycles. The van der Waals surface area contributed by atoms with Crippen LogP contribution >= 0.6 is 23.2 Å². The first-order chi connectivity index (χ1) is 14.2. The minimum Gasteiger partial charge on any atom is -0.360 e. The molecule has 0 aliphatic carbocycles. The molecule has 1 aliphatic heterocycles. The van der Waals surface area contributed by atoms with E-state index in [-0.39, 0.29) is 43.3 Å². The van der Waals surface area contributed by atoms with Gasteiger partial charge in [0.1, 0.15) is 17.0 Å². The summed E-state index contributed by atoms with van der Waals surface area (Å²) in [6.07, 6.45) is 0. The third-order valence-corrected chi connectivity index (χ3v) is 7.98. The van der Waals surface area contributed by atoms with Crippen molar-refractivity contribution in [1.82, 2.24) is 18.7 Å². The Balaban J connectivity index is 1.83. The molecule has 11 heteroatoms. The molecule has 0 bridgehead atoms. The molecule has 1 aromatic heterocycles. The fraction of sp³-hybridized carbons (Fsp3) is 0.474. The zero-order valence-electron chi connectivity index (χ0n) is 17.1. The molecule has 0 unspecified atom stereocenters. The summed E-state index contributed by atoms with van der Waals surface area (Å²) in [7, 11) is -3.53. The van der Waals surface area contributed by atoms with Gasteiger partial charge in [0.15, 0.2) is 0 Å². The van der Waals surface area contributed by atoms with Crippen molar-refractivity contribution < 1.29 is 17.7 Å². The van der Waals surface area contributed by atoms with Gasteiger partial charge in [0.25, 0.3) is 16.1 Å². The number of nitrogens with zero attached hydrogens (tertiary/aromatic N) is 4. The van der Waals surface area contributed by atoms with Crippen LogP contribution in [0.3, 0.4) is 0 Å². The minimum absolute atomic E-state index is 0.219. The third kappa shape index (κ3) is 4.22. The van der Waals surface area contributed by atoms with E-state index >= 15 is 0 Å². The summed E-state index contributed by atoms with van der Waals surface area (Å²) in [4.78, 5) is 14.9. The van der Waals surface area contributed by atoms with E-state index in [1.807, 2.05) is 0 Å². The van der Waals surface area contributed by atoms with Crippen LogP contribution in [-0.2, 0) is 10.2 Å². The largest absolute Gasteiger partial charge is 0.360 e. The first-order valence-electron chi connectivity index (χ1n) is 9.67. The molecule has 0 spiro atoms. The van der Waals surface area contributed by atoms with Crippen LogP contribution in [0, 0.1) is 6.92 Å². The van der Waals surface area contributed by atoms with Crippen molar-refractivity contribution in [3.8, 4) is 11.3 Å². The number of amides is 1. The molecule has 0 atom stereocenters. The van der Waals surface area contributed by atoms with E-state index in [2.05, 4.69) is 5.16 Å². The highest BCUT2D eigenvalue weighted by Crippen LogP contribution is 2.37. The van der Waals surface area contributed by atoms with E-state index in [9.17, 15) is 13.2 Å². The predicted molar refractivity (Wildman–Crippen MR) is 116 cm³/mol. The van der Waals surface area contributed by atoms with Crippen molar-refractivity contribution in [2.45, 2.75) is 20.8 Å². The summed E-state index contributed by atoms with van der Waals surface area (Å²) < 4.78 is 33.5. The Morgan fingerprint density at radius 3 is 2.23 bits per heavy atom. The van der Waals surface area contributed by atoms with E-state index in [1.54, 1.807) is 43.9 Å². The van der Waals surface area contributed by atoms with Crippen molar-refractivity contribution in [2.75, 3.05) is 39.3 Å². The number of rotatable bonds is 6. The zero-order valence-corrected chi connectivity index (χ0v) is 19.4. The van der Waals surface area contributed by atoms with Gasteiger partial charge < -0.3 is 9.42 Å². The molecule has 8 nitrogen and oxygen atoms in total. The van der Waals surface area contributed by atoms with Crippen LogP contribution in [0.4, 0.5) is 0 Å². The van der Waals surface area contributed by atoms with Crippen LogP contribution in [0.25, 0.3) is 11.3 Å². The fourth-order valence-corrected chi connectivity index (χ4v) is 5.69. The average Bonchev–Trinajstić information content (AvgIpc) is 3.09. The van der Waals surface area contributed by atoms with Crippen molar-refractivity contribution >= 4 is 39.3 Å². The second-order valence-corrected chi connectivity index (χ2v) is 9.59. The molecule has 1 aliphatic rings. The van der Waals surface area contributed by atoms with Crippen molar-refractivity contribution in [3.05, 3.63) is 39.6 Å². The van der Waals surface area contributed by atoms with Gasteiger partial charge in [0, 0.05) is 44.8 Å². The summed E-state index contributed by atoms with van der Waals surface area (Å²) in [6, 6.07) is 5.04.